The first-order chi connectivity index (χ1) is 10.3. The van der Waals surface area contributed by atoms with E-state index in [2.05, 4.69) is 21.8 Å². The molecular formula is C17H21N3O. The molecule has 21 heavy (non-hydrogen) atoms. The molecule has 0 aliphatic carbocycles. The molecule has 0 saturated carbocycles. The van der Waals surface area contributed by atoms with Gasteiger partial charge in [-0.1, -0.05) is 18.2 Å². The Balaban J connectivity index is 1.44. The average molecular weight is 283 g/mol. The molecule has 4 rings (SSSR count). The number of hydrogen-bond acceptors (Lipinski definition) is 4. The van der Waals surface area contributed by atoms with Crippen molar-refractivity contribution in [2.24, 2.45) is 5.92 Å². The normalized spacial score (nSPS) is 26.3. The second-order valence-electron chi connectivity index (χ2n) is 6.30. The molecule has 2 aromatic rings. The molecule has 0 amide bonds. The fraction of sp³-hybridized carbons (Fsp3) is 0.471. The summed E-state index contributed by atoms with van der Waals surface area (Å²) in [4.78, 5) is 9.65. The van der Waals surface area contributed by atoms with Crippen molar-refractivity contribution in [2.45, 2.75) is 19.0 Å². The lowest BCUT2D eigenvalue weighted by Crippen LogP contribution is -2.31. The highest BCUT2D eigenvalue weighted by atomic mass is 16.3. The summed E-state index contributed by atoms with van der Waals surface area (Å²) in [6, 6.07) is 10.8. The summed E-state index contributed by atoms with van der Waals surface area (Å²) in [6.45, 7) is 4.51. The summed E-state index contributed by atoms with van der Waals surface area (Å²) < 4.78 is 5.63. The molecule has 2 atom stereocenters. The minimum atomic E-state index is 0.724. The third-order valence-corrected chi connectivity index (χ3v) is 4.86. The Hall–Kier alpha value is -1.65. The van der Waals surface area contributed by atoms with Crippen LogP contribution in [-0.4, -0.2) is 47.5 Å². The van der Waals surface area contributed by atoms with Crippen molar-refractivity contribution in [1.29, 1.82) is 0 Å². The minimum absolute atomic E-state index is 0.724. The first kappa shape index (κ1) is 13.0. The van der Waals surface area contributed by atoms with Crippen molar-refractivity contribution in [2.75, 3.05) is 26.7 Å². The molecule has 0 bridgehead atoms. The van der Waals surface area contributed by atoms with E-state index in [9.17, 15) is 0 Å². The number of rotatable bonds is 3. The predicted octanol–water partition coefficient (Wildman–Crippen LogP) is 2.48. The van der Waals surface area contributed by atoms with Crippen LogP contribution in [0.4, 0.5) is 0 Å². The lowest BCUT2D eigenvalue weighted by molar-refractivity contribution is 0.254. The predicted molar refractivity (Wildman–Crippen MR) is 81.7 cm³/mol. The number of likely N-dealkylation sites (N-methyl/N-ethyl adjacent to an activating group) is 1. The highest BCUT2D eigenvalue weighted by molar-refractivity contribution is 5.52. The molecule has 0 unspecified atom stereocenters. The summed E-state index contributed by atoms with van der Waals surface area (Å²) in [6.07, 6.45) is 3.14. The van der Waals surface area contributed by atoms with E-state index in [0.717, 1.165) is 42.2 Å². The van der Waals surface area contributed by atoms with Gasteiger partial charge in [0.25, 0.3) is 0 Å². The maximum Gasteiger partial charge on any atom is 0.226 e. The summed E-state index contributed by atoms with van der Waals surface area (Å²) in [7, 11) is 2.25. The minimum Gasteiger partial charge on any atom is -0.444 e. The van der Waals surface area contributed by atoms with Crippen LogP contribution in [0.25, 0.3) is 11.5 Å². The molecule has 0 radical (unpaired) electrons. The lowest BCUT2D eigenvalue weighted by Gasteiger charge is -2.19. The monoisotopic (exact) mass is 283 g/mol. The topological polar surface area (TPSA) is 32.5 Å². The molecule has 1 aromatic carbocycles. The molecule has 2 aliphatic heterocycles. The van der Waals surface area contributed by atoms with Crippen LogP contribution >= 0.6 is 0 Å². The van der Waals surface area contributed by atoms with Gasteiger partial charge in [-0.3, -0.25) is 4.90 Å². The van der Waals surface area contributed by atoms with Gasteiger partial charge in [-0.05, 0) is 38.1 Å². The van der Waals surface area contributed by atoms with Crippen LogP contribution in [0.3, 0.4) is 0 Å². The number of nitrogens with zero attached hydrogens (tertiary/aromatic N) is 3. The number of oxazole rings is 1. The summed E-state index contributed by atoms with van der Waals surface area (Å²) in [5.74, 6) is 1.57. The van der Waals surface area contributed by atoms with Gasteiger partial charge in [-0.25, -0.2) is 4.98 Å². The molecule has 1 aromatic heterocycles. The van der Waals surface area contributed by atoms with E-state index >= 15 is 0 Å². The second-order valence-corrected chi connectivity index (χ2v) is 6.30. The molecule has 2 aliphatic rings. The van der Waals surface area contributed by atoms with Crippen molar-refractivity contribution in [3.63, 3.8) is 0 Å². The van der Waals surface area contributed by atoms with Gasteiger partial charge in [0.2, 0.25) is 5.89 Å². The Labute approximate surface area is 125 Å². The van der Waals surface area contributed by atoms with Crippen LogP contribution in [-0.2, 0) is 6.54 Å². The quantitative estimate of drug-likeness (QED) is 0.866. The van der Waals surface area contributed by atoms with Crippen molar-refractivity contribution in [1.82, 2.24) is 14.8 Å². The summed E-state index contributed by atoms with van der Waals surface area (Å²) in [5, 5.41) is 0. The van der Waals surface area contributed by atoms with Gasteiger partial charge in [0, 0.05) is 31.2 Å². The van der Waals surface area contributed by atoms with E-state index in [1.54, 1.807) is 6.26 Å². The van der Waals surface area contributed by atoms with Gasteiger partial charge in [-0.15, -0.1) is 0 Å². The zero-order valence-electron chi connectivity index (χ0n) is 12.4. The number of likely N-dealkylation sites (tertiary alicyclic amines) is 2. The molecule has 0 spiro atoms. The molecule has 3 heterocycles. The van der Waals surface area contributed by atoms with Gasteiger partial charge in [0.05, 0.1) is 5.69 Å². The Morgan fingerprint density at radius 1 is 1.24 bits per heavy atom. The third-order valence-electron chi connectivity index (χ3n) is 4.86. The van der Waals surface area contributed by atoms with Crippen molar-refractivity contribution in [3.05, 3.63) is 42.3 Å². The Morgan fingerprint density at radius 3 is 2.90 bits per heavy atom. The summed E-state index contributed by atoms with van der Waals surface area (Å²) in [5.41, 5.74) is 2.08. The molecule has 2 saturated heterocycles. The van der Waals surface area contributed by atoms with Gasteiger partial charge in [0.15, 0.2) is 0 Å². The van der Waals surface area contributed by atoms with E-state index < -0.39 is 0 Å². The third kappa shape index (κ3) is 2.49. The Kier molecular flexibility index (Phi) is 3.28. The Bertz CT molecular complexity index is 610. The molecule has 2 fully saturated rings. The number of hydrogen-bond donors (Lipinski definition) is 0. The zero-order chi connectivity index (χ0) is 14.2. The van der Waals surface area contributed by atoms with Crippen LogP contribution < -0.4 is 0 Å². The highest BCUT2D eigenvalue weighted by Crippen LogP contribution is 2.31. The van der Waals surface area contributed by atoms with Gasteiger partial charge < -0.3 is 9.32 Å². The fourth-order valence-corrected chi connectivity index (χ4v) is 3.71. The van der Waals surface area contributed by atoms with E-state index in [0.29, 0.717) is 0 Å². The van der Waals surface area contributed by atoms with E-state index in [1.165, 1.54) is 19.5 Å². The average Bonchev–Trinajstić information content (AvgIpc) is 3.19. The van der Waals surface area contributed by atoms with Gasteiger partial charge in [0.1, 0.15) is 6.26 Å². The van der Waals surface area contributed by atoms with Crippen LogP contribution in [0, 0.1) is 5.92 Å². The maximum atomic E-state index is 5.63. The number of benzene rings is 1. The largest absolute Gasteiger partial charge is 0.444 e. The van der Waals surface area contributed by atoms with Gasteiger partial charge in [-0.2, -0.15) is 0 Å². The SMILES string of the molecule is CN1CC[C@@H]2CN(Cc3coc(-c4ccccc4)n3)C[C@@H]21. The van der Waals surface area contributed by atoms with Crippen LogP contribution in [0.5, 0.6) is 0 Å². The maximum absolute atomic E-state index is 5.63. The van der Waals surface area contributed by atoms with E-state index in [1.807, 2.05) is 30.3 Å². The fourth-order valence-electron chi connectivity index (χ4n) is 3.71. The Morgan fingerprint density at radius 2 is 2.10 bits per heavy atom. The van der Waals surface area contributed by atoms with Gasteiger partial charge >= 0.3 is 0 Å². The smallest absolute Gasteiger partial charge is 0.226 e. The van der Waals surface area contributed by atoms with Crippen LogP contribution in [0.15, 0.2) is 41.0 Å². The molecular weight excluding hydrogens is 262 g/mol. The standard InChI is InChI=1S/C17H21N3O/c1-19-8-7-14-9-20(11-16(14)19)10-15-12-21-17(18-15)13-5-3-2-4-6-13/h2-6,12,14,16H,7-11H2,1H3/t14-,16+/m1/s1. The number of fused-ring (bicyclic) bond motifs is 1. The van der Waals surface area contributed by atoms with E-state index in [-0.39, 0.29) is 0 Å². The highest BCUT2D eigenvalue weighted by Gasteiger charge is 2.39. The van der Waals surface area contributed by atoms with Crippen molar-refractivity contribution >= 4 is 0 Å². The van der Waals surface area contributed by atoms with Crippen molar-refractivity contribution in [3.8, 4) is 11.5 Å². The van der Waals surface area contributed by atoms with E-state index in [4.69, 9.17) is 4.42 Å². The summed E-state index contributed by atoms with van der Waals surface area (Å²) >= 11 is 0. The number of aromatic nitrogens is 1. The molecule has 4 nitrogen and oxygen atoms in total. The second kappa shape index (κ2) is 5.28. The lowest BCUT2D eigenvalue weighted by atomic mass is 10.1. The molecule has 110 valence electrons. The molecule has 4 heteroatoms. The molecule has 0 N–H and O–H groups in total. The first-order valence-corrected chi connectivity index (χ1v) is 7.72. The first-order valence-electron chi connectivity index (χ1n) is 7.72. The van der Waals surface area contributed by atoms with Crippen LogP contribution in [0.2, 0.25) is 0 Å². The zero-order valence-corrected chi connectivity index (χ0v) is 12.4. The van der Waals surface area contributed by atoms with Crippen LogP contribution in [0.1, 0.15) is 12.1 Å². The van der Waals surface area contributed by atoms with Crippen molar-refractivity contribution < 1.29 is 4.42 Å².